The minimum Gasteiger partial charge on any atom is -0.386 e. The largest absolute Gasteiger partial charge is 0.386 e. The fourth-order valence-electron chi connectivity index (χ4n) is 5.29. The number of carbonyl (C=O) groups is 2. The maximum atomic E-state index is 13.4. The lowest BCUT2D eigenvalue weighted by molar-refractivity contribution is -0.149. The van der Waals surface area contributed by atoms with Gasteiger partial charge in [0, 0.05) is 41.1 Å². The summed E-state index contributed by atoms with van der Waals surface area (Å²) >= 11 is 3.44. The zero-order valence-corrected chi connectivity index (χ0v) is 22.4. The zero-order chi connectivity index (χ0) is 25.0. The van der Waals surface area contributed by atoms with Gasteiger partial charge in [0.25, 0.3) is 0 Å². The Morgan fingerprint density at radius 3 is 1.40 bits per heavy atom. The highest BCUT2D eigenvalue weighted by molar-refractivity contribution is 7.19. The highest BCUT2D eigenvalue weighted by Crippen LogP contribution is 2.47. The van der Waals surface area contributed by atoms with Crippen molar-refractivity contribution in [3.8, 4) is 0 Å². The smallest absolute Gasteiger partial charge is 0.347 e. The molecule has 0 unspecified atom stereocenters. The maximum absolute atomic E-state index is 13.4. The molecular weight excluding hydrogens is 472 g/mol. The lowest BCUT2D eigenvalue weighted by Gasteiger charge is -2.19. The topological polar surface area (TPSA) is 43.4 Å². The van der Waals surface area contributed by atoms with E-state index in [4.69, 9.17) is 4.74 Å². The fourth-order valence-corrected chi connectivity index (χ4v) is 7.45. The predicted molar refractivity (Wildman–Crippen MR) is 148 cm³/mol. The molecule has 0 radical (unpaired) electrons. The SMILES string of the molecule is Cc1sc2ccccc2c1/C(=C1\C(=O)OC(=O)\C1=C(/c1c(C)sc2ccccc12)C(C)C)C(C)C. The molecule has 0 atom stereocenters. The van der Waals surface area contributed by atoms with Crippen molar-refractivity contribution in [3.05, 3.63) is 80.6 Å². The summed E-state index contributed by atoms with van der Waals surface area (Å²) in [5.41, 5.74) is 4.73. The van der Waals surface area contributed by atoms with E-state index >= 15 is 0 Å². The quantitative estimate of drug-likeness (QED) is 0.161. The molecule has 1 aliphatic heterocycles. The van der Waals surface area contributed by atoms with Crippen LogP contribution in [0.5, 0.6) is 0 Å². The Morgan fingerprint density at radius 1 is 0.657 bits per heavy atom. The molecule has 3 nitrogen and oxygen atoms in total. The number of thiophene rings is 2. The number of esters is 2. The van der Waals surface area contributed by atoms with Crippen molar-refractivity contribution < 1.29 is 14.3 Å². The van der Waals surface area contributed by atoms with Crippen LogP contribution in [0.3, 0.4) is 0 Å². The molecule has 0 N–H and O–H groups in total. The molecule has 178 valence electrons. The Balaban J connectivity index is 1.93. The molecule has 5 heteroatoms. The summed E-state index contributed by atoms with van der Waals surface area (Å²) in [6.07, 6.45) is 0. The van der Waals surface area contributed by atoms with Gasteiger partial charge in [0.1, 0.15) is 0 Å². The molecule has 1 saturated heterocycles. The van der Waals surface area contributed by atoms with E-state index in [0.717, 1.165) is 42.8 Å². The van der Waals surface area contributed by atoms with Crippen LogP contribution in [-0.2, 0) is 14.3 Å². The van der Waals surface area contributed by atoms with Crippen LogP contribution in [0.2, 0.25) is 0 Å². The minimum absolute atomic E-state index is 0.0175. The Bertz CT molecular complexity index is 1460. The maximum Gasteiger partial charge on any atom is 0.347 e. The van der Waals surface area contributed by atoms with Gasteiger partial charge in [0.15, 0.2) is 0 Å². The highest BCUT2D eigenvalue weighted by atomic mass is 32.1. The first kappa shape index (κ1) is 23.7. The number of benzene rings is 2. The fraction of sp³-hybridized carbons (Fsp3) is 0.267. The zero-order valence-electron chi connectivity index (χ0n) is 20.8. The molecule has 4 aromatic rings. The third kappa shape index (κ3) is 3.78. The first-order valence-electron chi connectivity index (χ1n) is 11.9. The van der Waals surface area contributed by atoms with Crippen LogP contribution in [0.1, 0.15) is 48.6 Å². The number of cyclic esters (lactones) is 2. The van der Waals surface area contributed by atoms with Crippen molar-refractivity contribution in [2.75, 3.05) is 0 Å². The first-order valence-corrected chi connectivity index (χ1v) is 13.6. The average molecular weight is 501 g/mol. The van der Waals surface area contributed by atoms with Crippen LogP contribution in [-0.4, -0.2) is 11.9 Å². The van der Waals surface area contributed by atoms with Crippen molar-refractivity contribution in [2.24, 2.45) is 11.8 Å². The molecular formula is C30H28O3S2. The van der Waals surface area contributed by atoms with Crippen LogP contribution in [0.15, 0.2) is 59.7 Å². The van der Waals surface area contributed by atoms with Crippen LogP contribution in [0.4, 0.5) is 0 Å². The van der Waals surface area contributed by atoms with Crippen LogP contribution in [0, 0.1) is 25.7 Å². The van der Waals surface area contributed by atoms with E-state index in [0.29, 0.717) is 11.1 Å². The molecule has 1 aliphatic rings. The first-order chi connectivity index (χ1) is 16.7. The molecule has 0 amide bonds. The monoisotopic (exact) mass is 500 g/mol. The van der Waals surface area contributed by atoms with E-state index in [1.54, 1.807) is 22.7 Å². The van der Waals surface area contributed by atoms with Gasteiger partial charge in [0.2, 0.25) is 0 Å². The van der Waals surface area contributed by atoms with Crippen molar-refractivity contribution >= 4 is 65.9 Å². The van der Waals surface area contributed by atoms with Crippen molar-refractivity contribution in [3.63, 3.8) is 0 Å². The van der Waals surface area contributed by atoms with Gasteiger partial charge >= 0.3 is 11.9 Å². The molecule has 2 aromatic heterocycles. The summed E-state index contributed by atoms with van der Waals surface area (Å²) in [6, 6.07) is 16.5. The minimum atomic E-state index is -0.543. The van der Waals surface area contributed by atoms with Gasteiger partial charge in [-0.25, -0.2) is 9.59 Å². The normalized spacial score (nSPS) is 17.3. The Labute approximate surface area is 213 Å². The number of carbonyl (C=O) groups excluding carboxylic acids is 2. The third-order valence-corrected chi connectivity index (χ3v) is 8.79. The summed E-state index contributed by atoms with van der Waals surface area (Å²) in [6.45, 7) is 12.5. The Hall–Kier alpha value is -3.02. The van der Waals surface area contributed by atoms with Gasteiger partial charge in [0.05, 0.1) is 11.1 Å². The van der Waals surface area contributed by atoms with Crippen LogP contribution in [0.25, 0.3) is 31.3 Å². The number of hydrogen-bond acceptors (Lipinski definition) is 5. The molecule has 0 aliphatic carbocycles. The third-order valence-electron chi connectivity index (χ3n) is 6.62. The second-order valence-electron chi connectivity index (χ2n) is 9.62. The van der Waals surface area contributed by atoms with E-state index in [2.05, 4.69) is 65.8 Å². The van der Waals surface area contributed by atoms with E-state index in [1.165, 1.54) is 9.40 Å². The summed E-state index contributed by atoms with van der Waals surface area (Å²) in [5, 5.41) is 2.22. The van der Waals surface area contributed by atoms with Gasteiger partial charge < -0.3 is 4.74 Å². The molecule has 2 aromatic carbocycles. The molecule has 35 heavy (non-hydrogen) atoms. The number of rotatable bonds is 4. The summed E-state index contributed by atoms with van der Waals surface area (Å²) in [7, 11) is 0. The second kappa shape index (κ2) is 8.89. The number of fused-ring (bicyclic) bond motifs is 2. The van der Waals surface area contributed by atoms with Crippen LogP contribution >= 0.6 is 22.7 Å². The number of allylic oxidation sites excluding steroid dienone is 2. The average Bonchev–Trinajstić information content (AvgIpc) is 3.40. The van der Waals surface area contributed by atoms with E-state index in [1.807, 2.05) is 24.3 Å². The molecule has 1 fully saturated rings. The van der Waals surface area contributed by atoms with Gasteiger partial charge in [-0.2, -0.15) is 0 Å². The summed E-state index contributed by atoms with van der Waals surface area (Å²) in [4.78, 5) is 29.1. The molecule has 0 spiro atoms. The molecule has 5 rings (SSSR count). The standard InChI is InChI=1S/C30H28O3S2/c1-15(2)23(25-17(5)34-21-13-9-7-11-19(21)25)27-28(30(32)33-29(27)31)24(16(3)4)26-18(6)35-22-14-10-8-12-20(22)26/h7-16H,1-6H3/b27-23-,28-24-. The summed E-state index contributed by atoms with van der Waals surface area (Å²) < 4.78 is 7.71. The van der Waals surface area contributed by atoms with Crippen molar-refractivity contribution in [1.29, 1.82) is 0 Å². The Kier molecular flexibility index (Phi) is 6.02. The van der Waals surface area contributed by atoms with Gasteiger partial charge in [-0.1, -0.05) is 64.1 Å². The second-order valence-corrected chi connectivity index (χ2v) is 12.1. The lowest BCUT2D eigenvalue weighted by Crippen LogP contribution is -2.09. The van der Waals surface area contributed by atoms with Gasteiger partial charge in [-0.3, -0.25) is 0 Å². The van der Waals surface area contributed by atoms with Gasteiger partial charge in [-0.05, 0) is 49.0 Å². The van der Waals surface area contributed by atoms with Crippen molar-refractivity contribution in [2.45, 2.75) is 41.5 Å². The summed E-state index contributed by atoms with van der Waals surface area (Å²) in [5.74, 6) is -1.05. The Morgan fingerprint density at radius 2 is 1.03 bits per heavy atom. The van der Waals surface area contributed by atoms with Gasteiger partial charge in [-0.15, -0.1) is 22.7 Å². The van der Waals surface area contributed by atoms with E-state index in [-0.39, 0.29) is 11.8 Å². The van der Waals surface area contributed by atoms with E-state index < -0.39 is 11.9 Å². The lowest BCUT2D eigenvalue weighted by atomic mass is 9.81. The molecule has 3 heterocycles. The number of aryl methyl sites for hydroxylation is 2. The number of ether oxygens (including phenoxy) is 1. The highest BCUT2D eigenvalue weighted by Gasteiger charge is 2.41. The molecule has 0 saturated carbocycles. The molecule has 0 bridgehead atoms. The predicted octanol–water partition coefficient (Wildman–Crippen LogP) is 8.34. The van der Waals surface area contributed by atoms with Crippen LogP contribution < -0.4 is 0 Å². The van der Waals surface area contributed by atoms with Crippen molar-refractivity contribution in [1.82, 2.24) is 0 Å². The number of hydrogen-bond donors (Lipinski definition) is 0. The van der Waals surface area contributed by atoms with E-state index in [9.17, 15) is 9.59 Å².